The molecule has 5 nitrogen and oxygen atoms in total. The van der Waals surface area contributed by atoms with Gasteiger partial charge < -0.3 is 14.6 Å². The molecule has 0 aliphatic heterocycles. The van der Waals surface area contributed by atoms with E-state index in [1.807, 2.05) is 42.5 Å². The second kappa shape index (κ2) is 8.19. The van der Waals surface area contributed by atoms with Gasteiger partial charge in [-0.05, 0) is 40.6 Å². The van der Waals surface area contributed by atoms with Crippen LogP contribution < -0.4 is 9.47 Å². The summed E-state index contributed by atoms with van der Waals surface area (Å²) in [6.45, 7) is -0.482. The minimum absolute atomic E-state index is 0.189. The fourth-order valence-corrected chi connectivity index (χ4v) is 2.74. The van der Waals surface area contributed by atoms with Gasteiger partial charge in [-0.15, -0.1) is 0 Å². The minimum Gasteiger partial charge on any atom is -0.493 e. The average molecular weight is 362 g/mol. The molecule has 0 radical (unpaired) electrons. The Bertz CT molecular complexity index is 1010. The highest BCUT2D eigenvalue weighted by atomic mass is 16.5. The maximum absolute atomic E-state index is 12.5. The number of hydrogen-bond donors (Lipinski definition) is 1. The second-order valence-corrected chi connectivity index (χ2v) is 5.81. The van der Waals surface area contributed by atoms with Gasteiger partial charge >= 0.3 is 5.97 Å². The largest absolute Gasteiger partial charge is 0.493 e. The number of ether oxygens (including phenoxy) is 2. The number of fused-ring (bicyclic) bond motifs is 1. The molecule has 0 saturated carbocycles. The Morgan fingerprint density at radius 1 is 1.00 bits per heavy atom. The van der Waals surface area contributed by atoms with Crippen molar-refractivity contribution < 1.29 is 24.2 Å². The van der Waals surface area contributed by atoms with Gasteiger partial charge in [-0.1, -0.05) is 48.5 Å². The first-order chi connectivity index (χ1) is 13.1. The number of benzene rings is 3. The van der Waals surface area contributed by atoms with Crippen LogP contribution in [0.3, 0.4) is 0 Å². The van der Waals surface area contributed by atoms with Crippen molar-refractivity contribution in [3.63, 3.8) is 0 Å². The van der Waals surface area contributed by atoms with E-state index in [1.54, 1.807) is 12.1 Å². The molecule has 0 amide bonds. The molecule has 0 aliphatic rings. The first-order valence-corrected chi connectivity index (χ1v) is 8.31. The molecule has 0 aliphatic carbocycles. The number of ketones is 1. The number of carbonyl (C=O) groups excluding carboxylic acids is 1. The van der Waals surface area contributed by atoms with Crippen molar-refractivity contribution in [3.8, 4) is 11.5 Å². The number of methoxy groups -OCH3 is 1. The van der Waals surface area contributed by atoms with E-state index >= 15 is 0 Å². The van der Waals surface area contributed by atoms with E-state index < -0.39 is 12.6 Å². The zero-order valence-corrected chi connectivity index (χ0v) is 14.7. The smallest absolute Gasteiger partial charge is 0.341 e. The summed E-state index contributed by atoms with van der Waals surface area (Å²) in [4.78, 5) is 23.2. The highest BCUT2D eigenvalue weighted by Crippen LogP contribution is 2.28. The van der Waals surface area contributed by atoms with Gasteiger partial charge in [0.1, 0.15) is 0 Å². The molecule has 0 heterocycles. The summed E-state index contributed by atoms with van der Waals surface area (Å²) in [7, 11) is 1.43. The summed E-state index contributed by atoms with van der Waals surface area (Å²) in [6.07, 6.45) is 3.29. The molecule has 0 bridgehead atoms. The van der Waals surface area contributed by atoms with Crippen LogP contribution in [0.4, 0.5) is 0 Å². The lowest BCUT2D eigenvalue weighted by molar-refractivity contribution is -0.139. The lowest BCUT2D eigenvalue weighted by Gasteiger charge is -2.10. The minimum atomic E-state index is -1.09. The van der Waals surface area contributed by atoms with Crippen LogP contribution in [0.2, 0.25) is 0 Å². The van der Waals surface area contributed by atoms with Gasteiger partial charge in [-0.25, -0.2) is 4.79 Å². The molecule has 0 fully saturated rings. The van der Waals surface area contributed by atoms with Gasteiger partial charge in [0.05, 0.1) is 7.11 Å². The molecular weight excluding hydrogens is 344 g/mol. The third-order valence-electron chi connectivity index (χ3n) is 4.04. The van der Waals surface area contributed by atoms with Crippen molar-refractivity contribution in [2.75, 3.05) is 13.7 Å². The quantitative estimate of drug-likeness (QED) is 0.503. The molecule has 0 aromatic heterocycles. The molecule has 0 atom stereocenters. The number of allylic oxidation sites excluding steroid dienone is 1. The molecule has 5 heteroatoms. The number of hydrogen-bond acceptors (Lipinski definition) is 4. The number of carboxylic acid groups (broad SMARTS) is 1. The third kappa shape index (κ3) is 4.33. The van der Waals surface area contributed by atoms with E-state index in [0.717, 1.165) is 16.3 Å². The van der Waals surface area contributed by atoms with Crippen LogP contribution in [0, 0.1) is 0 Å². The highest BCUT2D eigenvalue weighted by molar-refractivity contribution is 6.08. The summed E-state index contributed by atoms with van der Waals surface area (Å²) in [5.41, 5.74) is 1.38. The van der Waals surface area contributed by atoms with E-state index in [-0.39, 0.29) is 11.5 Å². The molecule has 136 valence electrons. The Morgan fingerprint density at radius 3 is 2.56 bits per heavy atom. The zero-order chi connectivity index (χ0) is 19.2. The van der Waals surface area contributed by atoms with Crippen LogP contribution in [-0.2, 0) is 4.79 Å². The standard InChI is InChI=1S/C22H18O5/c1-26-21-13-17(10-12-20(21)27-14-22(24)25)19(23)11-9-16-7-4-6-15-5-2-3-8-18(15)16/h2-13H,14H2,1H3,(H,24,25)/b11-9+. The van der Waals surface area contributed by atoms with Gasteiger partial charge in [0.15, 0.2) is 23.9 Å². The number of carboxylic acids is 1. The molecule has 3 aromatic rings. The van der Waals surface area contributed by atoms with Crippen LogP contribution in [0.1, 0.15) is 15.9 Å². The second-order valence-electron chi connectivity index (χ2n) is 5.81. The summed E-state index contributed by atoms with van der Waals surface area (Å²) in [5.74, 6) is -0.698. The van der Waals surface area contributed by atoms with Crippen LogP contribution >= 0.6 is 0 Å². The predicted molar refractivity (Wildman–Crippen MR) is 103 cm³/mol. The van der Waals surface area contributed by atoms with E-state index in [4.69, 9.17) is 14.6 Å². The fraction of sp³-hybridized carbons (Fsp3) is 0.0909. The lowest BCUT2D eigenvalue weighted by Crippen LogP contribution is -2.10. The van der Waals surface area contributed by atoms with Crippen molar-refractivity contribution in [1.82, 2.24) is 0 Å². The van der Waals surface area contributed by atoms with Crippen molar-refractivity contribution in [2.24, 2.45) is 0 Å². The summed E-state index contributed by atoms with van der Waals surface area (Å²) in [6, 6.07) is 18.5. The summed E-state index contributed by atoms with van der Waals surface area (Å²) >= 11 is 0. The third-order valence-corrected chi connectivity index (χ3v) is 4.04. The predicted octanol–water partition coefficient (Wildman–Crippen LogP) is 4.21. The van der Waals surface area contributed by atoms with Crippen molar-refractivity contribution in [1.29, 1.82) is 0 Å². The topological polar surface area (TPSA) is 72.8 Å². The monoisotopic (exact) mass is 362 g/mol. The van der Waals surface area contributed by atoms with Gasteiger partial charge in [-0.3, -0.25) is 4.79 Å². The van der Waals surface area contributed by atoms with Crippen LogP contribution in [0.5, 0.6) is 11.5 Å². The fourth-order valence-electron chi connectivity index (χ4n) is 2.74. The molecule has 0 saturated heterocycles. The average Bonchev–Trinajstić information content (AvgIpc) is 2.70. The van der Waals surface area contributed by atoms with Gasteiger partial charge in [-0.2, -0.15) is 0 Å². The maximum atomic E-state index is 12.5. The Labute approximate surface area is 156 Å². The Balaban J connectivity index is 1.83. The van der Waals surface area contributed by atoms with E-state index in [2.05, 4.69) is 0 Å². The first-order valence-electron chi connectivity index (χ1n) is 8.31. The highest BCUT2D eigenvalue weighted by Gasteiger charge is 2.11. The Morgan fingerprint density at radius 2 is 1.78 bits per heavy atom. The van der Waals surface area contributed by atoms with Crippen LogP contribution in [0.15, 0.2) is 66.7 Å². The van der Waals surface area contributed by atoms with E-state index in [0.29, 0.717) is 11.3 Å². The van der Waals surface area contributed by atoms with Crippen LogP contribution in [-0.4, -0.2) is 30.6 Å². The number of aliphatic carboxylic acids is 1. The van der Waals surface area contributed by atoms with Crippen molar-refractivity contribution in [2.45, 2.75) is 0 Å². The number of carbonyl (C=O) groups is 2. The van der Waals surface area contributed by atoms with E-state index in [9.17, 15) is 9.59 Å². The van der Waals surface area contributed by atoms with Crippen LogP contribution in [0.25, 0.3) is 16.8 Å². The first kappa shape index (κ1) is 18.2. The maximum Gasteiger partial charge on any atom is 0.341 e. The number of rotatable bonds is 7. The van der Waals surface area contributed by atoms with Gasteiger partial charge in [0, 0.05) is 5.56 Å². The molecule has 3 aromatic carbocycles. The molecule has 0 spiro atoms. The normalized spacial score (nSPS) is 10.9. The Kier molecular flexibility index (Phi) is 5.52. The Hall–Kier alpha value is -3.60. The van der Waals surface area contributed by atoms with E-state index in [1.165, 1.54) is 25.3 Å². The van der Waals surface area contributed by atoms with Crippen molar-refractivity contribution in [3.05, 3.63) is 77.9 Å². The van der Waals surface area contributed by atoms with Gasteiger partial charge in [0.2, 0.25) is 0 Å². The zero-order valence-electron chi connectivity index (χ0n) is 14.7. The SMILES string of the molecule is COc1cc(C(=O)/C=C/c2cccc3ccccc23)ccc1OCC(=O)O. The van der Waals surface area contributed by atoms with Crippen molar-refractivity contribution >= 4 is 28.6 Å². The molecular formula is C22H18O5. The molecule has 1 N–H and O–H groups in total. The van der Waals surface area contributed by atoms with Gasteiger partial charge in [0.25, 0.3) is 0 Å². The summed E-state index contributed by atoms with van der Waals surface area (Å²) < 4.78 is 10.3. The molecule has 27 heavy (non-hydrogen) atoms. The lowest BCUT2D eigenvalue weighted by atomic mass is 10.0. The molecule has 0 unspecified atom stereocenters. The summed E-state index contributed by atoms with van der Waals surface area (Å²) in [5, 5.41) is 10.9. The molecule has 3 rings (SSSR count).